The third-order valence-electron chi connectivity index (χ3n) is 2.97. The van der Waals surface area contributed by atoms with Crippen molar-refractivity contribution in [2.45, 2.75) is 39.7 Å². The Balaban J connectivity index is 2.11. The van der Waals surface area contributed by atoms with Gasteiger partial charge >= 0.3 is 6.01 Å². The quantitative estimate of drug-likeness (QED) is 0.854. The molecule has 0 fully saturated rings. The van der Waals surface area contributed by atoms with Crippen molar-refractivity contribution in [1.29, 1.82) is 0 Å². The lowest BCUT2D eigenvalue weighted by molar-refractivity contribution is 0.272. The summed E-state index contributed by atoms with van der Waals surface area (Å²) in [6.07, 6.45) is 1.66. The molecule has 0 unspecified atom stereocenters. The molecule has 0 spiro atoms. The van der Waals surface area contributed by atoms with E-state index in [1.54, 1.807) is 12.3 Å². The minimum Gasteiger partial charge on any atom is -0.458 e. The Morgan fingerprint density at radius 2 is 1.95 bits per heavy atom. The molecule has 0 bridgehead atoms. The second kappa shape index (κ2) is 5.57. The third kappa shape index (κ3) is 3.53. The molecule has 3 nitrogen and oxygen atoms in total. The third-order valence-corrected chi connectivity index (χ3v) is 2.97. The maximum Gasteiger partial charge on any atom is 0.316 e. The lowest BCUT2D eigenvalue weighted by Gasteiger charge is -2.17. The number of ether oxygens (including phenoxy) is 1. The monoisotopic (exact) mass is 274 g/mol. The molecule has 0 aliphatic heterocycles. The van der Waals surface area contributed by atoms with Crippen molar-refractivity contribution in [1.82, 2.24) is 9.97 Å². The zero-order valence-electron chi connectivity index (χ0n) is 12.3. The summed E-state index contributed by atoms with van der Waals surface area (Å²) < 4.78 is 19.2. The highest BCUT2D eigenvalue weighted by Gasteiger charge is 2.16. The Bertz CT molecular complexity index is 606. The number of hydrogen-bond donors (Lipinski definition) is 0. The lowest BCUT2D eigenvalue weighted by Crippen LogP contribution is -2.14. The van der Waals surface area contributed by atoms with E-state index in [-0.39, 0.29) is 23.8 Å². The number of hydrogen-bond acceptors (Lipinski definition) is 3. The van der Waals surface area contributed by atoms with Gasteiger partial charge in [0.15, 0.2) is 0 Å². The number of rotatable bonds is 3. The summed E-state index contributed by atoms with van der Waals surface area (Å²) in [6.45, 7) is 8.18. The molecule has 1 aromatic heterocycles. The predicted octanol–water partition coefficient (Wildman–Crippen LogP) is 3.80. The Morgan fingerprint density at radius 3 is 2.60 bits per heavy atom. The predicted molar refractivity (Wildman–Crippen MR) is 76.2 cm³/mol. The van der Waals surface area contributed by atoms with Crippen LogP contribution in [0.15, 0.2) is 30.5 Å². The summed E-state index contributed by atoms with van der Waals surface area (Å²) >= 11 is 0. The van der Waals surface area contributed by atoms with Crippen molar-refractivity contribution in [3.63, 3.8) is 0 Å². The standard InChI is InChI=1S/C16H19FN2O/c1-11-5-6-12(13(17)9-11)10-20-15-18-8-7-14(19-15)16(2,3)4/h5-9H,10H2,1-4H3. The minimum atomic E-state index is -0.267. The maximum absolute atomic E-state index is 13.7. The van der Waals surface area contributed by atoms with Gasteiger partial charge in [-0.15, -0.1) is 0 Å². The molecule has 0 saturated carbocycles. The molecule has 1 aromatic carbocycles. The highest BCUT2D eigenvalue weighted by atomic mass is 19.1. The number of benzene rings is 1. The van der Waals surface area contributed by atoms with E-state index in [1.807, 2.05) is 19.1 Å². The first kappa shape index (κ1) is 14.4. The van der Waals surface area contributed by atoms with Crippen LogP contribution in [-0.2, 0) is 12.0 Å². The fourth-order valence-electron chi connectivity index (χ4n) is 1.74. The van der Waals surface area contributed by atoms with Crippen LogP contribution in [0.1, 0.15) is 37.6 Å². The van der Waals surface area contributed by atoms with Crippen LogP contribution in [0.3, 0.4) is 0 Å². The van der Waals surface area contributed by atoms with Gasteiger partial charge in [-0.2, -0.15) is 4.98 Å². The van der Waals surface area contributed by atoms with Gasteiger partial charge in [-0.05, 0) is 24.6 Å². The molecule has 0 aliphatic rings. The molecule has 1 heterocycles. The summed E-state index contributed by atoms with van der Waals surface area (Å²) in [5.74, 6) is -0.267. The van der Waals surface area contributed by atoms with Gasteiger partial charge < -0.3 is 4.74 Å². The number of halogens is 1. The first-order valence-electron chi connectivity index (χ1n) is 6.57. The molecule has 4 heteroatoms. The van der Waals surface area contributed by atoms with Gasteiger partial charge in [-0.1, -0.05) is 32.9 Å². The van der Waals surface area contributed by atoms with Crippen LogP contribution in [0.5, 0.6) is 6.01 Å². The summed E-state index contributed by atoms with van der Waals surface area (Å²) in [4.78, 5) is 8.41. The van der Waals surface area contributed by atoms with Gasteiger partial charge in [0.2, 0.25) is 0 Å². The number of aromatic nitrogens is 2. The van der Waals surface area contributed by atoms with Crippen molar-refractivity contribution in [2.75, 3.05) is 0 Å². The molecule has 0 N–H and O–H groups in total. The summed E-state index contributed by atoms with van der Waals surface area (Å²) in [5, 5.41) is 0. The zero-order valence-corrected chi connectivity index (χ0v) is 12.3. The summed E-state index contributed by atoms with van der Waals surface area (Å²) in [7, 11) is 0. The molecule has 20 heavy (non-hydrogen) atoms. The van der Waals surface area contributed by atoms with E-state index < -0.39 is 0 Å². The first-order valence-corrected chi connectivity index (χ1v) is 6.57. The van der Waals surface area contributed by atoms with Crippen molar-refractivity contribution < 1.29 is 9.13 Å². The fraction of sp³-hybridized carbons (Fsp3) is 0.375. The highest BCUT2D eigenvalue weighted by molar-refractivity contribution is 5.23. The summed E-state index contributed by atoms with van der Waals surface area (Å²) in [5.41, 5.74) is 2.21. The van der Waals surface area contributed by atoms with E-state index in [9.17, 15) is 4.39 Å². The van der Waals surface area contributed by atoms with Gasteiger partial charge in [0, 0.05) is 17.2 Å². The van der Waals surface area contributed by atoms with Crippen LogP contribution in [0.2, 0.25) is 0 Å². The average molecular weight is 274 g/mol. The van der Waals surface area contributed by atoms with Crippen LogP contribution in [0.25, 0.3) is 0 Å². The van der Waals surface area contributed by atoms with Crippen LogP contribution in [0, 0.1) is 12.7 Å². The van der Waals surface area contributed by atoms with E-state index in [4.69, 9.17) is 4.74 Å². The van der Waals surface area contributed by atoms with Crippen LogP contribution >= 0.6 is 0 Å². The first-order chi connectivity index (χ1) is 9.36. The van der Waals surface area contributed by atoms with Crippen LogP contribution in [-0.4, -0.2) is 9.97 Å². The van der Waals surface area contributed by atoms with E-state index >= 15 is 0 Å². The van der Waals surface area contributed by atoms with Gasteiger partial charge in [-0.25, -0.2) is 9.37 Å². The van der Waals surface area contributed by atoms with Crippen LogP contribution < -0.4 is 4.74 Å². The summed E-state index contributed by atoms with van der Waals surface area (Å²) in [6, 6.07) is 7.20. The fourth-order valence-corrected chi connectivity index (χ4v) is 1.74. The second-order valence-corrected chi connectivity index (χ2v) is 5.86. The molecule has 0 saturated heterocycles. The number of nitrogens with zero attached hydrogens (tertiary/aromatic N) is 2. The van der Waals surface area contributed by atoms with Gasteiger partial charge in [-0.3, -0.25) is 0 Å². The second-order valence-electron chi connectivity index (χ2n) is 5.86. The zero-order chi connectivity index (χ0) is 14.8. The Labute approximate surface area is 118 Å². The Kier molecular flexibility index (Phi) is 4.02. The van der Waals surface area contributed by atoms with E-state index in [1.165, 1.54) is 6.07 Å². The van der Waals surface area contributed by atoms with Gasteiger partial charge in [0.05, 0.1) is 5.69 Å². The lowest BCUT2D eigenvalue weighted by atomic mass is 9.92. The molecular weight excluding hydrogens is 255 g/mol. The Morgan fingerprint density at radius 1 is 1.20 bits per heavy atom. The maximum atomic E-state index is 13.7. The smallest absolute Gasteiger partial charge is 0.316 e. The molecule has 0 aliphatic carbocycles. The van der Waals surface area contributed by atoms with Crippen molar-refractivity contribution >= 4 is 0 Å². The van der Waals surface area contributed by atoms with Crippen molar-refractivity contribution in [3.8, 4) is 6.01 Å². The molecule has 0 radical (unpaired) electrons. The minimum absolute atomic E-state index is 0.0733. The van der Waals surface area contributed by atoms with Gasteiger partial charge in [0.1, 0.15) is 12.4 Å². The van der Waals surface area contributed by atoms with Crippen LogP contribution in [0.4, 0.5) is 4.39 Å². The van der Waals surface area contributed by atoms with Crippen molar-refractivity contribution in [2.24, 2.45) is 0 Å². The average Bonchev–Trinajstić information content (AvgIpc) is 2.37. The molecule has 106 valence electrons. The molecular formula is C16H19FN2O. The molecule has 2 rings (SSSR count). The van der Waals surface area contributed by atoms with E-state index in [2.05, 4.69) is 30.7 Å². The Hall–Kier alpha value is -1.97. The molecule has 0 atom stereocenters. The highest BCUT2D eigenvalue weighted by Crippen LogP contribution is 2.21. The molecule has 2 aromatic rings. The van der Waals surface area contributed by atoms with E-state index in [0.717, 1.165) is 11.3 Å². The SMILES string of the molecule is Cc1ccc(COc2nccc(C(C)(C)C)n2)c(F)c1. The number of aryl methyl sites for hydroxylation is 1. The topological polar surface area (TPSA) is 35.0 Å². The van der Waals surface area contributed by atoms with Crippen molar-refractivity contribution in [3.05, 3.63) is 53.1 Å². The van der Waals surface area contributed by atoms with E-state index in [0.29, 0.717) is 5.56 Å². The largest absolute Gasteiger partial charge is 0.458 e. The van der Waals surface area contributed by atoms with Gasteiger partial charge in [0.25, 0.3) is 0 Å². The molecule has 0 amide bonds. The normalized spacial score (nSPS) is 11.4.